The second kappa shape index (κ2) is 10.1. The number of thioether (sulfide) groups is 1. The molecule has 164 valence electrons. The molecule has 0 spiro atoms. The molecule has 0 bridgehead atoms. The van der Waals surface area contributed by atoms with Crippen molar-refractivity contribution in [2.75, 3.05) is 19.4 Å². The first-order chi connectivity index (χ1) is 15.5. The fourth-order valence-corrected chi connectivity index (χ4v) is 4.48. The minimum atomic E-state index is -0.0350. The lowest BCUT2D eigenvalue weighted by atomic mass is 10.1. The van der Waals surface area contributed by atoms with Gasteiger partial charge in [0.25, 0.3) is 0 Å². The number of ether oxygens (including phenoxy) is 1. The predicted octanol–water partition coefficient (Wildman–Crippen LogP) is 4.82. The van der Waals surface area contributed by atoms with Gasteiger partial charge in [0.2, 0.25) is 5.91 Å². The fourth-order valence-electron chi connectivity index (χ4n) is 3.36. The van der Waals surface area contributed by atoms with Crippen LogP contribution < -0.4 is 10.1 Å². The summed E-state index contributed by atoms with van der Waals surface area (Å²) in [4.78, 5) is 17.1. The molecule has 6 nitrogen and oxygen atoms in total. The fraction of sp³-hybridized carbons (Fsp3) is 0.208. The Balaban J connectivity index is 1.43. The number of aryl methyl sites for hydroxylation is 1. The first-order valence-corrected chi connectivity index (χ1v) is 11.5. The number of carbonyl (C=O) groups excluding carboxylic acids is 1. The predicted molar refractivity (Wildman–Crippen MR) is 129 cm³/mol. The van der Waals surface area contributed by atoms with Crippen LogP contribution in [0.1, 0.15) is 11.3 Å². The van der Waals surface area contributed by atoms with Crippen LogP contribution in [0.15, 0.2) is 65.8 Å². The standard InChI is InChI=1S/C24H23ClN4O2S/c1-16-13-23(32-15-22(30)26-12-11-18-5-3-4-6-21(18)25)29-24(28-16)20(14-27-29)17-7-9-19(31-2)10-8-17/h3-10,13-14H,11-12,15H2,1-2H3,(H,26,30). The average molecular weight is 467 g/mol. The summed E-state index contributed by atoms with van der Waals surface area (Å²) in [6, 6.07) is 17.4. The van der Waals surface area contributed by atoms with Crippen molar-refractivity contribution in [3.05, 3.63) is 77.1 Å². The third kappa shape index (κ3) is 5.06. The zero-order valence-electron chi connectivity index (χ0n) is 17.8. The van der Waals surface area contributed by atoms with Crippen LogP contribution in [0.4, 0.5) is 0 Å². The Morgan fingerprint density at radius 1 is 1.19 bits per heavy atom. The first-order valence-electron chi connectivity index (χ1n) is 10.2. The lowest BCUT2D eigenvalue weighted by Gasteiger charge is -2.08. The van der Waals surface area contributed by atoms with Crippen LogP contribution in [-0.2, 0) is 11.2 Å². The van der Waals surface area contributed by atoms with Crippen molar-refractivity contribution in [1.82, 2.24) is 19.9 Å². The first kappa shape index (κ1) is 22.2. The lowest BCUT2D eigenvalue weighted by Crippen LogP contribution is -2.27. The molecule has 0 aliphatic heterocycles. The van der Waals surface area contributed by atoms with Crippen LogP contribution in [0.2, 0.25) is 5.02 Å². The van der Waals surface area contributed by atoms with E-state index in [-0.39, 0.29) is 5.91 Å². The molecular formula is C24H23ClN4O2S. The number of hydrogen-bond donors (Lipinski definition) is 1. The number of amides is 1. The monoisotopic (exact) mass is 466 g/mol. The van der Waals surface area contributed by atoms with Crippen molar-refractivity contribution in [3.63, 3.8) is 0 Å². The summed E-state index contributed by atoms with van der Waals surface area (Å²) in [6.45, 7) is 2.48. The number of fused-ring (bicyclic) bond motifs is 1. The van der Waals surface area contributed by atoms with Gasteiger partial charge >= 0.3 is 0 Å². The van der Waals surface area contributed by atoms with Crippen molar-refractivity contribution in [2.24, 2.45) is 0 Å². The highest BCUT2D eigenvalue weighted by Crippen LogP contribution is 2.28. The van der Waals surface area contributed by atoms with Gasteiger partial charge in [0.1, 0.15) is 10.8 Å². The Morgan fingerprint density at radius 3 is 2.72 bits per heavy atom. The molecule has 0 unspecified atom stereocenters. The number of methoxy groups -OCH3 is 1. The van der Waals surface area contributed by atoms with Gasteiger partial charge in [0.15, 0.2) is 5.65 Å². The Labute approximate surface area is 196 Å². The van der Waals surface area contributed by atoms with Crippen LogP contribution in [-0.4, -0.2) is 39.9 Å². The summed E-state index contributed by atoms with van der Waals surface area (Å²) < 4.78 is 7.03. The number of benzene rings is 2. The van der Waals surface area contributed by atoms with E-state index in [2.05, 4.69) is 15.4 Å². The molecule has 0 atom stereocenters. The molecule has 1 N–H and O–H groups in total. The van der Waals surface area contributed by atoms with E-state index in [1.807, 2.05) is 61.5 Å². The van der Waals surface area contributed by atoms with E-state index in [1.54, 1.807) is 17.8 Å². The van der Waals surface area contributed by atoms with Crippen molar-refractivity contribution < 1.29 is 9.53 Å². The quantitative estimate of drug-likeness (QED) is 0.298. The highest BCUT2D eigenvalue weighted by Gasteiger charge is 2.14. The zero-order chi connectivity index (χ0) is 22.5. The summed E-state index contributed by atoms with van der Waals surface area (Å²) in [6.07, 6.45) is 2.50. The average Bonchev–Trinajstić information content (AvgIpc) is 3.22. The van der Waals surface area contributed by atoms with E-state index in [9.17, 15) is 4.79 Å². The number of halogens is 1. The highest BCUT2D eigenvalue weighted by atomic mass is 35.5. The second-order valence-corrected chi connectivity index (χ2v) is 8.64. The molecule has 32 heavy (non-hydrogen) atoms. The van der Waals surface area contributed by atoms with E-state index >= 15 is 0 Å². The SMILES string of the molecule is COc1ccc(-c2cnn3c(SCC(=O)NCCc4ccccc4Cl)cc(C)nc23)cc1. The van der Waals surface area contributed by atoms with E-state index < -0.39 is 0 Å². The van der Waals surface area contributed by atoms with Crippen LogP contribution >= 0.6 is 23.4 Å². The van der Waals surface area contributed by atoms with Crippen LogP contribution in [0, 0.1) is 6.92 Å². The molecule has 0 fully saturated rings. The van der Waals surface area contributed by atoms with E-state index in [0.717, 1.165) is 43.8 Å². The Kier molecular flexibility index (Phi) is 6.97. The lowest BCUT2D eigenvalue weighted by molar-refractivity contribution is -0.118. The topological polar surface area (TPSA) is 68.5 Å². The molecule has 0 saturated heterocycles. The van der Waals surface area contributed by atoms with Crippen LogP contribution in [0.5, 0.6) is 5.75 Å². The number of nitrogens with one attached hydrogen (secondary N) is 1. The third-order valence-corrected chi connectivity index (χ3v) is 6.36. The molecule has 2 heterocycles. The Bertz CT molecular complexity index is 1240. The van der Waals surface area contributed by atoms with Crippen molar-refractivity contribution in [3.8, 4) is 16.9 Å². The minimum absolute atomic E-state index is 0.0350. The largest absolute Gasteiger partial charge is 0.497 e. The molecule has 0 aliphatic carbocycles. The van der Waals surface area contributed by atoms with Gasteiger partial charge in [-0.2, -0.15) is 5.10 Å². The van der Waals surface area contributed by atoms with Crippen LogP contribution in [0.3, 0.4) is 0 Å². The summed E-state index contributed by atoms with van der Waals surface area (Å²) in [5.74, 6) is 1.05. The normalized spacial score (nSPS) is 11.0. The molecule has 4 rings (SSSR count). The maximum Gasteiger partial charge on any atom is 0.230 e. The van der Waals surface area contributed by atoms with Gasteiger partial charge in [0.05, 0.1) is 19.1 Å². The maximum atomic E-state index is 12.4. The van der Waals surface area contributed by atoms with Crippen molar-refractivity contribution in [1.29, 1.82) is 0 Å². The highest BCUT2D eigenvalue weighted by molar-refractivity contribution is 7.99. The van der Waals surface area contributed by atoms with Gasteiger partial charge in [-0.15, -0.1) is 0 Å². The van der Waals surface area contributed by atoms with E-state index in [4.69, 9.17) is 16.3 Å². The van der Waals surface area contributed by atoms with Crippen molar-refractivity contribution >= 4 is 34.9 Å². The molecule has 2 aromatic carbocycles. The minimum Gasteiger partial charge on any atom is -0.497 e. The second-order valence-electron chi connectivity index (χ2n) is 7.24. The number of carbonyl (C=O) groups is 1. The van der Waals surface area contributed by atoms with Gasteiger partial charge in [0, 0.05) is 22.8 Å². The van der Waals surface area contributed by atoms with E-state index in [0.29, 0.717) is 18.7 Å². The van der Waals surface area contributed by atoms with Gasteiger partial charge < -0.3 is 10.1 Å². The van der Waals surface area contributed by atoms with Gasteiger partial charge in [-0.05, 0) is 48.7 Å². The summed E-state index contributed by atoms with van der Waals surface area (Å²) >= 11 is 7.61. The smallest absolute Gasteiger partial charge is 0.230 e. The maximum absolute atomic E-state index is 12.4. The van der Waals surface area contributed by atoms with Crippen LogP contribution in [0.25, 0.3) is 16.8 Å². The molecule has 0 aliphatic rings. The number of hydrogen-bond acceptors (Lipinski definition) is 5. The molecule has 2 aromatic heterocycles. The van der Waals surface area contributed by atoms with E-state index in [1.165, 1.54) is 11.8 Å². The molecule has 0 saturated carbocycles. The number of nitrogens with zero attached hydrogens (tertiary/aromatic N) is 3. The Hall–Kier alpha value is -3.03. The van der Waals surface area contributed by atoms with Gasteiger partial charge in [-0.3, -0.25) is 4.79 Å². The summed E-state index contributed by atoms with van der Waals surface area (Å²) in [5, 5.41) is 9.07. The molecule has 1 amide bonds. The Morgan fingerprint density at radius 2 is 1.97 bits per heavy atom. The van der Waals surface area contributed by atoms with Gasteiger partial charge in [-0.25, -0.2) is 9.50 Å². The molecule has 8 heteroatoms. The molecule has 0 radical (unpaired) electrons. The number of rotatable bonds is 8. The summed E-state index contributed by atoms with van der Waals surface area (Å²) in [5.41, 5.74) is 4.59. The number of aromatic nitrogens is 3. The van der Waals surface area contributed by atoms with Gasteiger partial charge in [-0.1, -0.05) is 53.7 Å². The zero-order valence-corrected chi connectivity index (χ0v) is 19.4. The summed E-state index contributed by atoms with van der Waals surface area (Å²) in [7, 11) is 1.64. The third-order valence-electron chi connectivity index (χ3n) is 4.99. The molecular weight excluding hydrogens is 444 g/mol. The van der Waals surface area contributed by atoms with Crippen molar-refractivity contribution in [2.45, 2.75) is 18.4 Å². The molecule has 4 aromatic rings.